The number of thiazole rings is 1. The van der Waals surface area contributed by atoms with Gasteiger partial charge in [-0.1, -0.05) is 29.5 Å². The lowest BCUT2D eigenvalue weighted by molar-refractivity contribution is -0.137. The minimum Gasteiger partial charge on any atom is -0.308 e. The molecule has 0 aliphatic carbocycles. The second-order valence-electron chi connectivity index (χ2n) is 7.33. The summed E-state index contributed by atoms with van der Waals surface area (Å²) in [5, 5.41) is 5.11. The van der Waals surface area contributed by atoms with Crippen molar-refractivity contribution in [2.24, 2.45) is 0 Å². The lowest BCUT2D eigenvalue weighted by atomic mass is 10.1. The molecule has 0 atom stereocenters. The predicted octanol–water partition coefficient (Wildman–Crippen LogP) is 5.76. The normalized spacial score (nSPS) is 13.3. The monoisotopic (exact) mass is 482 g/mol. The standard InChI is InChI=1S/C23H13F3N4O3S/c24-23(25,26)12-4-3-5-13(10-12)27-21(33)28-14-8-9-17-18(11-14)34-22(29-17)30-19(31)15-6-1-2-7-16(15)20(30)32/h1-11H,(H2,27,28,33). The largest absolute Gasteiger partial charge is 0.416 e. The summed E-state index contributed by atoms with van der Waals surface area (Å²) in [7, 11) is 0. The number of alkyl halides is 3. The third-order valence-electron chi connectivity index (χ3n) is 5.07. The number of aromatic nitrogens is 1. The van der Waals surface area contributed by atoms with Gasteiger partial charge in [0.25, 0.3) is 11.8 Å². The maximum Gasteiger partial charge on any atom is 0.416 e. The maximum atomic E-state index is 12.9. The van der Waals surface area contributed by atoms with Crippen LogP contribution in [0.25, 0.3) is 10.2 Å². The van der Waals surface area contributed by atoms with E-state index < -0.39 is 29.6 Å². The molecule has 34 heavy (non-hydrogen) atoms. The zero-order chi connectivity index (χ0) is 24.0. The Kier molecular flexibility index (Phi) is 5.05. The Labute approximate surface area is 193 Å². The molecule has 0 spiro atoms. The number of halogens is 3. The first-order chi connectivity index (χ1) is 16.2. The highest BCUT2D eigenvalue weighted by Crippen LogP contribution is 2.35. The van der Waals surface area contributed by atoms with Crippen molar-refractivity contribution in [3.05, 3.63) is 83.4 Å². The number of urea groups is 1. The van der Waals surface area contributed by atoms with Crippen LogP contribution >= 0.6 is 11.3 Å². The zero-order valence-electron chi connectivity index (χ0n) is 17.0. The molecule has 5 rings (SSSR count). The lowest BCUT2D eigenvalue weighted by Gasteiger charge is -2.10. The fraction of sp³-hybridized carbons (Fsp3) is 0.0435. The molecule has 0 bridgehead atoms. The van der Waals surface area contributed by atoms with Crippen molar-refractivity contribution in [3.63, 3.8) is 0 Å². The van der Waals surface area contributed by atoms with Crippen LogP contribution < -0.4 is 15.5 Å². The Hall–Kier alpha value is -4.25. The Balaban J connectivity index is 1.34. The molecule has 4 aromatic rings. The van der Waals surface area contributed by atoms with Gasteiger partial charge < -0.3 is 10.6 Å². The first-order valence-electron chi connectivity index (χ1n) is 9.84. The highest BCUT2D eigenvalue weighted by Gasteiger charge is 2.38. The van der Waals surface area contributed by atoms with E-state index in [0.717, 1.165) is 28.4 Å². The summed E-state index contributed by atoms with van der Waals surface area (Å²) in [6.45, 7) is 0. The van der Waals surface area contributed by atoms with E-state index >= 15 is 0 Å². The second-order valence-corrected chi connectivity index (χ2v) is 8.34. The zero-order valence-corrected chi connectivity index (χ0v) is 17.8. The van der Waals surface area contributed by atoms with Crippen LogP contribution in [0.4, 0.5) is 34.5 Å². The predicted molar refractivity (Wildman–Crippen MR) is 121 cm³/mol. The highest BCUT2D eigenvalue weighted by molar-refractivity contribution is 7.22. The van der Waals surface area contributed by atoms with E-state index in [9.17, 15) is 27.6 Å². The van der Waals surface area contributed by atoms with Crippen LogP contribution in [0.5, 0.6) is 0 Å². The van der Waals surface area contributed by atoms with Gasteiger partial charge in [-0.15, -0.1) is 0 Å². The first-order valence-corrected chi connectivity index (χ1v) is 10.7. The van der Waals surface area contributed by atoms with Crippen LogP contribution in [-0.2, 0) is 6.18 Å². The number of imide groups is 1. The van der Waals surface area contributed by atoms with E-state index in [-0.39, 0.29) is 10.8 Å². The average molecular weight is 482 g/mol. The van der Waals surface area contributed by atoms with Crippen molar-refractivity contribution in [3.8, 4) is 0 Å². The third-order valence-corrected chi connectivity index (χ3v) is 6.07. The quantitative estimate of drug-likeness (QED) is 0.363. The number of nitrogens with one attached hydrogen (secondary N) is 2. The van der Waals surface area contributed by atoms with Crippen molar-refractivity contribution in [1.82, 2.24) is 4.98 Å². The number of anilines is 3. The number of benzene rings is 3. The number of hydrogen-bond donors (Lipinski definition) is 2. The molecule has 0 unspecified atom stereocenters. The molecule has 7 nitrogen and oxygen atoms in total. The van der Waals surface area contributed by atoms with Gasteiger partial charge in [0.1, 0.15) is 0 Å². The van der Waals surface area contributed by atoms with E-state index in [4.69, 9.17) is 0 Å². The topological polar surface area (TPSA) is 91.4 Å². The molecular formula is C23H13F3N4O3S. The second kappa shape index (κ2) is 7.96. The van der Waals surface area contributed by atoms with Crippen LogP contribution in [-0.4, -0.2) is 22.8 Å². The van der Waals surface area contributed by atoms with Gasteiger partial charge in [0.05, 0.1) is 26.9 Å². The summed E-state index contributed by atoms with van der Waals surface area (Å²) in [6, 6.07) is 14.8. The average Bonchev–Trinajstić information content (AvgIpc) is 3.31. The molecule has 1 aliphatic heterocycles. The Bertz CT molecular complexity index is 1450. The fourth-order valence-corrected chi connectivity index (χ4v) is 4.52. The molecule has 2 heterocycles. The van der Waals surface area contributed by atoms with Crippen molar-refractivity contribution in [2.45, 2.75) is 6.18 Å². The molecule has 0 saturated carbocycles. The van der Waals surface area contributed by atoms with Gasteiger partial charge in [0.2, 0.25) is 5.13 Å². The van der Waals surface area contributed by atoms with Crippen LogP contribution in [0, 0.1) is 0 Å². The van der Waals surface area contributed by atoms with Gasteiger partial charge in [-0.05, 0) is 48.5 Å². The number of hydrogen-bond acceptors (Lipinski definition) is 5. The number of carbonyl (C=O) groups excluding carboxylic acids is 3. The van der Waals surface area contributed by atoms with E-state index in [2.05, 4.69) is 15.6 Å². The molecule has 2 N–H and O–H groups in total. The van der Waals surface area contributed by atoms with E-state index in [1.807, 2.05) is 0 Å². The highest BCUT2D eigenvalue weighted by atomic mass is 32.1. The van der Waals surface area contributed by atoms with E-state index in [0.29, 0.717) is 27.0 Å². The molecule has 3 aromatic carbocycles. The number of amides is 4. The number of nitrogens with zero attached hydrogens (tertiary/aromatic N) is 2. The Morgan fingerprint density at radius 3 is 2.15 bits per heavy atom. The molecule has 1 aliphatic rings. The number of carbonyl (C=O) groups is 3. The lowest BCUT2D eigenvalue weighted by Crippen LogP contribution is -2.29. The van der Waals surface area contributed by atoms with Gasteiger partial charge in [-0.2, -0.15) is 13.2 Å². The summed E-state index contributed by atoms with van der Waals surface area (Å²) in [6.07, 6.45) is -4.53. The van der Waals surface area contributed by atoms with Gasteiger partial charge in [-0.25, -0.2) is 14.7 Å². The van der Waals surface area contributed by atoms with Crippen molar-refractivity contribution in [2.75, 3.05) is 15.5 Å². The van der Waals surface area contributed by atoms with E-state index in [1.54, 1.807) is 42.5 Å². The third kappa shape index (κ3) is 3.86. The molecule has 0 fully saturated rings. The van der Waals surface area contributed by atoms with Crippen molar-refractivity contribution < 1.29 is 27.6 Å². The molecule has 1 aromatic heterocycles. The van der Waals surface area contributed by atoms with Crippen LogP contribution in [0.2, 0.25) is 0 Å². The van der Waals surface area contributed by atoms with Crippen molar-refractivity contribution in [1.29, 1.82) is 0 Å². The summed E-state index contributed by atoms with van der Waals surface area (Å²) >= 11 is 1.10. The van der Waals surface area contributed by atoms with Crippen LogP contribution in [0.15, 0.2) is 66.7 Å². The van der Waals surface area contributed by atoms with Gasteiger partial charge >= 0.3 is 12.2 Å². The molecular weight excluding hydrogens is 469 g/mol. The molecule has 0 saturated heterocycles. The molecule has 11 heteroatoms. The number of fused-ring (bicyclic) bond motifs is 2. The van der Waals surface area contributed by atoms with Crippen molar-refractivity contribution >= 4 is 55.9 Å². The SMILES string of the molecule is O=C(Nc1cccc(C(F)(F)F)c1)Nc1ccc2nc(N3C(=O)c4ccccc4C3=O)sc2c1. The summed E-state index contributed by atoms with van der Waals surface area (Å²) in [4.78, 5) is 43.1. The minimum absolute atomic E-state index is 0.0147. The summed E-state index contributed by atoms with van der Waals surface area (Å²) < 4.78 is 39.2. The fourth-order valence-electron chi connectivity index (χ4n) is 3.52. The Morgan fingerprint density at radius 2 is 1.50 bits per heavy atom. The first kappa shape index (κ1) is 21.6. The number of rotatable bonds is 3. The smallest absolute Gasteiger partial charge is 0.308 e. The van der Waals surface area contributed by atoms with Gasteiger partial charge in [-0.3, -0.25) is 9.59 Å². The molecule has 4 amide bonds. The summed E-state index contributed by atoms with van der Waals surface area (Å²) in [5.74, 6) is -0.920. The maximum absolute atomic E-state index is 12.9. The molecule has 170 valence electrons. The Morgan fingerprint density at radius 1 is 0.853 bits per heavy atom. The molecule has 0 radical (unpaired) electrons. The van der Waals surface area contributed by atoms with Crippen LogP contribution in [0.3, 0.4) is 0 Å². The van der Waals surface area contributed by atoms with Gasteiger partial charge in [0, 0.05) is 11.4 Å². The van der Waals surface area contributed by atoms with Gasteiger partial charge in [0.15, 0.2) is 0 Å². The van der Waals surface area contributed by atoms with E-state index in [1.165, 1.54) is 12.1 Å². The van der Waals surface area contributed by atoms with Crippen LogP contribution in [0.1, 0.15) is 26.3 Å². The minimum atomic E-state index is -4.53. The summed E-state index contributed by atoms with van der Waals surface area (Å²) in [5.41, 5.74) is 0.590.